The highest BCUT2D eigenvalue weighted by Crippen LogP contribution is 2.38. The molecule has 3 heterocycles. The molecule has 4 rings (SSSR count). The predicted octanol–water partition coefficient (Wildman–Crippen LogP) is 2.61. The number of ether oxygens (including phenoxy) is 1. The number of ketones is 1. The van der Waals surface area contributed by atoms with Crippen LogP contribution in [0, 0.1) is 13.8 Å². The topological polar surface area (TPSA) is 64.4 Å². The van der Waals surface area contributed by atoms with Crippen LogP contribution in [-0.4, -0.2) is 45.1 Å². The molecule has 1 amide bonds. The fraction of sp³-hybridized carbons (Fsp3) is 0.476. The first-order chi connectivity index (χ1) is 12.9. The number of fused-ring (bicyclic) bond motifs is 1. The maximum absolute atomic E-state index is 12.8. The molecule has 142 valence electrons. The maximum Gasteiger partial charge on any atom is 0.223 e. The Morgan fingerprint density at radius 3 is 2.81 bits per heavy atom. The minimum Gasteiger partial charge on any atom is -0.484 e. The summed E-state index contributed by atoms with van der Waals surface area (Å²) in [6.07, 6.45) is 2.18. The number of para-hydroxylation sites is 1. The van der Waals surface area contributed by atoms with Crippen molar-refractivity contribution in [3.8, 4) is 5.75 Å². The standard InChI is InChI=1S/C21H25N3O3/c1-14-16(15(2)23(3)22-14)8-9-20(26)24-11-10-21(13-24)12-18(25)17-6-4-5-7-19(17)27-21/h4-7H,8-13H2,1-3H3/t21-/m1/s1. The van der Waals surface area contributed by atoms with E-state index in [0.29, 0.717) is 50.1 Å². The molecule has 0 saturated carbocycles. The summed E-state index contributed by atoms with van der Waals surface area (Å²) in [5.41, 5.74) is 3.32. The van der Waals surface area contributed by atoms with Crippen LogP contribution in [-0.2, 0) is 18.3 Å². The summed E-state index contributed by atoms with van der Waals surface area (Å²) in [4.78, 5) is 27.1. The van der Waals surface area contributed by atoms with Crippen LogP contribution in [0.3, 0.4) is 0 Å². The van der Waals surface area contributed by atoms with Crippen molar-refractivity contribution in [2.24, 2.45) is 7.05 Å². The average molecular weight is 367 g/mol. The van der Waals surface area contributed by atoms with Crippen molar-refractivity contribution < 1.29 is 14.3 Å². The van der Waals surface area contributed by atoms with Crippen molar-refractivity contribution in [3.63, 3.8) is 0 Å². The van der Waals surface area contributed by atoms with Gasteiger partial charge in [-0.15, -0.1) is 0 Å². The molecule has 0 unspecified atom stereocenters. The van der Waals surface area contributed by atoms with Crippen molar-refractivity contribution in [1.29, 1.82) is 0 Å². The number of benzene rings is 1. The first-order valence-corrected chi connectivity index (χ1v) is 9.47. The molecule has 2 aliphatic rings. The molecule has 1 spiro atoms. The van der Waals surface area contributed by atoms with Gasteiger partial charge in [-0.05, 0) is 38.0 Å². The summed E-state index contributed by atoms with van der Waals surface area (Å²) >= 11 is 0. The summed E-state index contributed by atoms with van der Waals surface area (Å²) in [7, 11) is 1.92. The van der Waals surface area contributed by atoms with E-state index in [4.69, 9.17) is 4.74 Å². The van der Waals surface area contributed by atoms with E-state index < -0.39 is 5.60 Å². The van der Waals surface area contributed by atoms with Crippen LogP contribution < -0.4 is 4.74 Å². The summed E-state index contributed by atoms with van der Waals surface area (Å²) in [5.74, 6) is 0.863. The Morgan fingerprint density at radius 2 is 2.07 bits per heavy atom. The Labute approximate surface area is 159 Å². The second kappa shape index (κ2) is 6.51. The van der Waals surface area contributed by atoms with Crippen molar-refractivity contribution in [2.75, 3.05) is 13.1 Å². The highest BCUT2D eigenvalue weighted by Gasteiger charge is 2.46. The number of aryl methyl sites for hydroxylation is 2. The number of carbonyl (C=O) groups is 2. The van der Waals surface area contributed by atoms with Crippen LogP contribution >= 0.6 is 0 Å². The number of rotatable bonds is 3. The van der Waals surface area contributed by atoms with E-state index in [1.807, 2.05) is 48.7 Å². The lowest BCUT2D eigenvalue weighted by Gasteiger charge is -2.34. The van der Waals surface area contributed by atoms with Crippen LogP contribution in [0.1, 0.15) is 46.6 Å². The van der Waals surface area contributed by atoms with E-state index in [0.717, 1.165) is 17.0 Å². The highest BCUT2D eigenvalue weighted by atomic mass is 16.5. The van der Waals surface area contributed by atoms with E-state index in [-0.39, 0.29) is 11.7 Å². The number of carbonyl (C=O) groups excluding carboxylic acids is 2. The minimum atomic E-state index is -0.568. The molecule has 1 atom stereocenters. The fourth-order valence-electron chi connectivity index (χ4n) is 4.30. The Balaban J connectivity index is 1.42. The number of Topliss-reactive ketones (excluding diaryl/α,β-unsaturated/α-hetero) is 1. The van der Waals surface area contributed by atoms with Gasteiger partial charge in [-0.2, -0.15) is 5.10 Å². The van der Waals surface area contributed by atoms with Gasteiger partial charge in [0.05, 0.1) is 24.2 Å². The van der Waals surface area contributed by atoms with Gasteiger partial charge in [0.25, 0.3) is 0 Å². The van der Waals surface area contributed by atoms with Gasteiger partial charge < -0.3 is 9.64 Å². The number of amides is 1. The third-order valence-electron chi connectivity index (χ3n) is 5.91. The minimum absolute atomic E-state index is 0.104. The maximum atomic E-state index is 12.8. The third-order valence-corrected chi connectivity index (χ3v) is 5.91. The number of hydrogen-bond donors (Lipinski definition) is 0. The van der Waals surface area contributed by atoms with Gasteiger partial charge in [0.1, 0.15) is 11.4 Å². The smallest absolute Gasteiger partial charge is 0.223 e. The molecular weight excluding hydrogens is 342 g/mol. The van der Waals surface area contributed by atoms with Gasteiger partial charge in [0, 0.05) is 32.1 Å². The molecule has 2 aliphatic heterocycles. The molecular formula is C21H25N3O3. The van der Waals surface area contributed by atoms with Crippen molar-refractivity contribution in [1.82, 2.24) is 14.7 Å². The van der Waals surface area contributed by atoms with E-state index in [2.05, 4.69) is 5.10 Å². The second-order valence-corrected chi connectivity index (χ2v) is 7.72. The quantitative estimate of drug-likeness (QED) is 0.836. The Kier molecular flexibility index (Phi) is 4.29. The Bertz CT molecular complexity index is 917. The highest BCUT2D eigenvalue weighted by molar-refractivity contribution is 6.00. The van der Waals surface area contributed by atoms with E-state index in [9.17, 15) is 9.59 Å². The van der Waals surface area contributed by atoms with Gasteiger partial charge in [-0.1, -0.05) is 12.1 Å². The summed E-state index contributed by atoms with van der Waals surface area (Å²) in [5, 5.41) is 4.42. The zero-order valence-corrected chi connectivity index (χ0v) is 16.1. The van der Waals surface area contributed by atoms with E-state index >= 15 is 0 Å². The first-order valence-electron chi connectivity index (χ1n) is 9.47. The number of aromatic nitrogens is 2. The monoisotopic (exact) mass is 367 g/mol. The SMILES string of the molecule is Cc1nn(C)c(C)c1CCC(=O)N1CC[C@@]2(CC(=O)c3ccccc3O2)C1. The zero-order chi connectivity index (χ0) is 19.2. The van der Waals surface area contributed by atoms with Gasteiger partial charge in [-0.3, -0.25) is 14.3 Å². The van der Waals surface area contributed by atoms with Crippen LogP contribution in [0.5, 0.6) is 5.75 Å². The molecule has 0 radical (unpaired) electrons. The van der Waals surface area contributed by atoms with Crippen molar-refractivity contribution >= 4 is 11.7 Å². The van der Waals surface area contributed by atoms with Gasteiger partial charge in [-0.25, -0.2) is 0 Å². The van der Waals surface area contributed by atoms with Crippen LogP contribution in [0.15, 0.2) is 24.3 Å². The molecule has 6 heteroatoms. The lowest BCUT2D eigenvalue weighted by atomic mass is 9.89. The van der Waals surface area contributed by atoms with Crippen molar-refractivity contribution in [3.05, 3.63) is 46.8 Å². The molecule has 0 N–H and O–H groups in total. The number of nitrogens with zero attached hydrogens (tertiary/aromatic N) is 3. The zero-order valence-electron chi connectivity index (χ0n) is 16.1. The Hall–Kier alpha value is -2.63. The molecule has 1 saturated heterocycles. The average Bonchev–Trinajstić information content (AvgIpc) is 3.14. The lowest BCUT2D eigenvalue weighted by Crippen LogP contribution is -2.45. The largest absolute Gasteiger partial charge is 0.484 e. The van der Waals surface area contributed by atoms with E-state index in [1.54, 1.807) is 6.07 Å². The summed E-state index contributed by atoms with van der Waals surface area (Å²) in [6, 6.07) is 7.38. The number of likely N-dealkylation sites (tertiary alicyclic amines) is 1. The van der Waals surface area contributed by atoms with Crippen LogP contribution in [0.25, 0.3) is 0 Å². The fourth-order valence-corrected chi connectivity index (χ4v) is 4.30. The third kappa shape index (κ3) is 3.13. The molecule has 1 aromatic heterocycles. The van der Waals surface area contributed by atoms with Gasteiger partial charge in [0.2, 0.25) is 5.91 Å². The predicted molar refractivity (Wildman–Crippen MR) is 101 cm³/mol. The molecule has 0 bridgehead atoms. The van der Waals surface area contributed by atoms with E-state index in [1.165, 1.54) is 0 Å². The van der Waals surface area contributed by atoms with Gasteiger partial charge in [0.15, 0.2) is 5.78 Å². The molecule has 2 aromatic rings. The molecule has 27 heavy (non-hydrogen) atoms. The van der Waals surface area contributed by atoms with Gasteiger partial charge >= 0.3 is 0 Å². The van der Waals surface area contributed by atoms with Crippen molar-refractivity contribution in [2.45, 2.75) is 45.1 Å². The second-order valence-electron chi connectivity index (χ2n) is 7.72. The molecule has 0 aliphatic carbocycles. The molecule has 1 aromatic carbocycles. The summed E-state index contributed by atoms with van der Waals surface area (Å²) in [6.45, 7) is 5.14. The molecule has 1 fully saturated rings. The van der Waals surface area contributed by atoms with Crippen LogP contribution in [0.2, 0.25) is 0 Å². The Morgan fingerprint density at radius 1 is 1.30 bits per heavy atom. The number of hydrogen-bond acceptors (Lipinski definition) is 4. The normalized spacial score (nSPS) is 21.4. The summed E-state index contributed by atoms with van der Waals surface area (Å²) < 4.78 is 8.07. The molecule has 6 nitrogen and oxygen atoms in total. The lowest BCUT2D eigenvalue weighted by molar-refractivity contribution is -0.130. The first kappa shape index (κ1) is 17.8. The van der Waals surface area contributed by atoms with Crippen LogP contribution in [0.4, 0.5) is 0 Å².